The van der Waals surface area contributed by atoms with E-state index in [1.54, 1.807) is 7.11 Å². The second-order valence-electron chi connectivity index (χ2n) is 8.32. The largest absolute Gasteiger partial charge is 0.384 e. The van der Waals surface area contributed by atoms with Crippen LogP contribution in [-0.4, -0.2) is 36.6 Å². The highest BCUT2D eigenvalue weighted by molar-refractivity contribution is 5.76. The van der Waals surface area contributed by atoms with E-state index in [-0.39, 0.29) is 17.4 Å². The number of nitrogens with zero attached hydrogens (tertiary/aromatic N) is 3. The van der Waals surface area contributed by atoms with Crippen LogP contribution in [0.15, 0.2) is 36.5 Å². The first-order valence-electron chi connectivity index (χ1n) is 9.77. The van der Waals surface area contributed by atoms with Gasteiger partial charge in [-0.15, -0.1) is 0 Å². The van der Waals surface area contributed by atoms with E-state index in [0.29, 0.717) is 19.0 Å². The van der Waals surface area contributed by atoms with Gasteiger partial charge in [-0.1, -0.05) is 44.2 Å². The van der Waals surface area contributed by atoms with Crippen LogP contribution in [0.3, 0.4) is 0 Å². The Balaban J connectivity index is 1.79. The number of hydrogen-bond acceptors (Lipinski definition) is 5. The van der Waals surface area contributed by atoms with Crippen molar-refractivity contribution in [1.29, 1.82) is 0 Å². The van der Waals surface area contributed by atoms with Crippen LogP contribution in [0.1, 0.15) is 49.6 Å². The van der Waals surface area contributed by atoms with Crippen molar-refractivity contribution in [3.63, 3.8) is 0 Å². The summed E-state index contributed by atoms with van der Waals surface area (Å²) >= 11 is 0. The lowest BCUT2D eigenvalue weighted by Gasteiger charge is -2.36. The molecule has 0 saturated carbocycles. The molecule has 1 aromatic heterocycles. The molecule has 2 aromatic rings. The van der Waals surface area contributed by atoms with Gasteiger partial charge in [0.1, 0.15) is 0 Å². The molecule has 0 saturated heterocycles. The Morgan fingerprint density at radius 2 is 2.07 bits per heavy atom. The minimum atomic E-state index is -0.0587. The highest BCUT2D eigenvalue weighted by Crippen LogP contribution is 2.40. The Bertz CT molecular complexity index is 807. The molecule has 0 aliphatic heterocycles. The van der Waals surface area contributed by atoms with Crippen LogP contribution in [0.4, 0.5) is 5.95 Å². The lowest BCUT2D eigenvalue weighted by atomic mass is 9.74. The number of amides is 1. The molecule has 150 valence electrons. The molecule has 28 heavy (non-hydrogen) atoms. The summed E-state index contributed by atoms with van der Waals surface area (Å²) in [6.45, 7) is 5.62. The number of ether oxygens (including phenoxy) is 1. The smallest absolute Gasteiger partial charge is 0.225 e. The van der Waals surface area contributed by atoms with E-state index < -0.39 is 0 Å². The lowest BCUT2D eigenvalue weighted by molar-refractivity contribution is -0.123. The predicted octanol–water partition coefficient (Wildman–Crippen LogP) is 3.28. The summed E-state index contributed by atoms with van der Waals surface area (Å²) in [5.41, 5.74) is 3.34. The fourth-order valence-corrected chi connectivity index (χ4v) is 3.74. The maximum Gasteiger partial charge on any atom is 0.225 e. The lowest BCUT2D eigenvalue weighted by Crippen LogP contribution is -2.37. The van der Waals surface area contributed by atoms with Crippen LogP contribution >= 0.6 is 0 Å². The summed E-state index contributed by atoms with van der Waals surface area (Å²) in [4.78, 5) is 23.7. The van der Waals surface area contributed by atoms with E-state index >= 15 is 0 Å². The topological polar surface area (TPSA) is 67.3 Å². The zero-order valence-electron chi connectivity index (χ0n) is 17.2. The average molecular weight is 383 g/mol. The van der Waals surface area contributed by atoms with Gasteiger partial charge in [0.2, 0.25) is 11.9 Å². The van der Waals surface area contributed by atoms with Crippen LogP contribution in [0.5, 0.6) is 0 Å². The first-order valence-corrected chi connectivity index (χ1v) is 9.77. The number of carbonyl (C=O) groups excluding carboxylic acids is 1. The molecule has 0 fully saturated rings. The Kier molecular flexibility index (Phi) is 6.29. The third kappa shape index (κ3) is 5.07. The minimum Gasteiger partial charge on any atom is -0.384 e. The number of anilines is 1. The average Bonchev–Trinajstić information content (AvgIpc) is 2.65. The standard InChI is InChI=1S/C22H30N4O2/c1-22(2)12-18(24-20(27)10-11-28-4)17-14-23-21(25-19(17)13-22)26(3)15-16-8-6-5-7-9-16/h5-9,14,18H,10-13,15H2,1-4H3,(H,24,27)/t18-/m0/s1. The van der Waals surface area contributed by atoms with Gasteiger partial charge in [0, 0.05) is 38.9 Å². The summed E-state index contributed by atoms with van der Waals surface area (Å²) in [6.07, 6.45) is 4.00. The highest BCUT2D eigenvalue weighted by atomic mass is 16.5. The molecule has 1 atom stereocenters. The van der Waals surface area contributed by atoms with Crippen molar-refractivity contribution >= 4 is 11.9 Å². The van der Waals surface area contributed by atoms with Crippen molar-refractivity contribution in [3.8, 4) is 0 Å². The molecule has 0 radical (unpaired) electrons. The third-order valence-corrected chi connectivity index (χ3v) is 5.14. The van der Waals surface area contributed by atoms with Gasteiger partial charge in [0.05, 0.1) is 18.3 Å². The second-order valence-corrected chi connectivity index (χ2v) is 8.32. The zero-order valence-corrected chi connectivity index (χ0v) is 17.2. The molecule has 0 spiro atoms. The van der Waals surface area contributed by atoms with Crippen LogP contribution in [0, 0.1) is 5.41 Å². The summed E-state index contributed by atoms with van der Waals surface area (Å²) in [6, 6.07) is 10.2. The highest BCUT2D eigenvalue weighted by Gasteiger charge is 2.34. The van der Waals surface area contributed by atoms with Gasteiger partial charge < -0.3 is 15.0 Å². The van der Waals surface area contributed by atoms with E-state index in [1.165, 1.54) is 5.56 Å². The predicted molar refractivity (Wildman–Crippen MR) is 110 cm³/mol. The van der Waals surface area contributed by atoms with Gasteiger partial charge in [0.15, 0.2) is 0 Å². The molecule has 1 aromatic carbocycles. The minimum absolute atomic E-state index is 0.000715. The summed E-state index contributed by atoms with van der Waals surface area (Å²) in [5, 5.41) is 3.14. The van der Waals surface area contributed by atoms with E-state index in [0.717, 1.165) is 30.6 Å². The van der Waals surface area contributed by atoms with Crippen molar-refractivity contribution in [2.75, 3.05) is 25.7 Å². The molecule has 6 heteroatoms. The first-order chi connectivity index (χ1) is 13.4. The molecule has 1 amide bonds. The molecule has 3 rings (SSSR count). The molecule has 0 bridgehead atoms. The van der Waals surface area contributed by atoms with E-state index in [9.17, 15) is 4.79 Å². The van der Waals surface area contributed by atoms with E-state index in [2.05, 4.69) is 41.2 Å². The Morgan fingerprint density at radius 3 is 2.79 bits per heavy atom. The van der Waals surface area contributed by atoms with Crippen molar-refractivity contribution < 1.29 is 9.53 Å². The van der Waals surface area contributed by atoms with Crippen molar-refractivity contribution in [2.45, 2.75) is 45.7 Å². The number of aromatic nitrogens is 2. The summed E-state index contributed by atoms with van der Waals surface area (Å²) in [5.74, 6) is 0.713. The van der Waals surface area contributed by atoms with Gasteiger partial charge in [-0.25, -0.2) is 9.97 Å². The molecule has 1 aliphatic rings. The molecule has 1 N–H and O–H groups in total. The van der Waals surface area contributed by atoms with Crippen LogP contribution in [-0.2, 0) is 22.5 Å². The fourth-order valence-electron chi connectivity index (χ4n) is 3.74. The van der Waals surface area contributed by atoms with Gasteiger partial charge in [-0.05, 0) is 23.8 Å². The van der Waals surface area contributed by atoms with Crippen molar-refractivity contribution in [2.24, 2.45) is 5.41 Å². The van der Waals surface area contributed by atoms with E-state index in [4.69, 9.17) is 9.72 Å². The molecule has 6 nitrogen and oxygen atoms in total. The van der Waals surface area contributed by atoms with Crippen molar-refractivity contribution in [1.82, 2.24) is 15.3 Å². The van der Waals surface area contributed by atoms with Gasteiger partial charge in [-0.3, -0.25) is 4.79 Å². The number of nitrogens with one attached hydrogen (secondary N) is 1. The Morgan fingerprint density at radius 1 is 1.32 bits per heavy atom. The summed E-state index contributed by atoms with van der Waals surface area (Å²) in [7, 11) is 3.61. The van der Waals surface area contributed by atoms with Gasteiger partial charge in [0.25, 0.3) is 0 Å². The second kappa shape index (κ2) is 8.69. The summed E-state index contributed by atoms with van der Waals surface area (Å²) < 4.78 is 5.01. The maximum atomic E-state index is 12.2. The normalized spacial score (nSPS) is 17.6. The van der Waals surface area contributed by atoms with E-state index in [1.807, 2.05) is 31.4 Å². The number of methoxy groups -OCH3 is 1. The molecular formula is C22H30N4O2. The monoisotopic (exact) mass is 382 g/mol. The molecule has 1 heterocycles. The maximum absolute atomic E-state index is 12.2. The van der Waals surface area contributed by atoms with Crippen LogP contribution in [0.25, 0.3) is 0 Å². The molecule has 0 unspecified atom stereocenters. The van der Waals surface area contributed by atoms with Gasteiger partial charge in [-0.2, -0.15) is 0 Å². The molecule has 1 aliphatic carbocycles. The number of benzene rings is 1. The SMILES string of the molecule is COCCC(=O)N[C@H]1CC(C)(C)Cc2nc(N(C)Cc3ccccc3)ncc21. The number of hydrogen-bond donors (Lipinski definition) is 1. The Labute approximate surface area is 167 Å². The first kappa shape index (κ1) is 20.3. The van der Waals surface area contributed by atoms with Gasteiger partial charge >= 0.3 is 0 Å². The zero-order chi connectivity index (χ0) is 20.1. The number of rotatable bonds is 7. The molecular weight excluding hydrogens is 352 g/mol. The van der Waals surface area contributed by atoms with Crippen LogP contribution in [0.2, 0.25) is 0 Å². The van der Waals surface area contributed by atoms with Crippen LogP contribution < -0.4 is 10.2 Å². The Hall–Kier alpha value is -2.47. The number of fused-ring (bicyclic) bond motifs is 1. The third-order valence-electron chi connectivity index (χ3n) is 5.14. The fraction of sp³-hybridized carbons (Fsp3) is 0.500. The number of carbonyl (C=O) groups is 1. The quantitative estimate of drug-likeness (QED) is 0.796. The van der Waals surface area contributed by atoms with Crippen molar-refractivity contribution in [3.05, 3.63) is 53.3 Å².